The van der Waals surface area contributed by atoms with Crippen LogP contribution in [0.1, 0.15) is 139 Å². The molecule has 4 saturated heterocycles. The SMILES string of the molecule is Cc1cc(NC2CC(OCC(=O)N3CCN(c4ccccc4)CC3)C2)ccc1[N+](=O)[O-].Cc1cc(NC2CCC(OCC(=O)N3CCN(c4ccc(C)c(C)c4C)CC3)CC2)ccc1[N+](=O)[O-].Cc1cc([N+](=O)[O-])c(C)cc1NC1CCC(OCC(=O)N2CCN(c3ccccc3)CC2)CC1.Cc1ccc(C[C@@H]2CCC(OCC(=O)N3CCN(c4ccccc4)CC3)C2)cc1C(F)(F)F. The number of carbonyl (C=O) groups excluding carboxylic acids is 4. The maximum Gasteiger partial charge on any atom is 0.416 e. The molecule has 4 aliphatic carbocycles. The Balaban J connectivity index is 0.000000152. The summed E-state index contributed by atoms with van der Waals surface area (Å²) in [5.74, 6) is 0.496. The summed E-state index contributed by atoms with van der Waals surface area (Å²) in [7, 11) is 0. The summed E-state index contributed by atoms with van der Waals surface area (Å²) in [6.07, 6.45) is 8.14. The second-order valence-electron chi connectivity index (χ2n) is 36.9. The highest BCUT2D eigenvalue weighted by Gasteiger charge is 2.37. The molecule has 8 aromatic carbocycles. The van der Waals surface area contributed by atoms with E-state index in [-0.39, 0.29) is 124 Å². The van der Waals surface area contributed by atoms with Crippen LogP contribution in [0.15, 0.2) is 170 Å². The molecule has 4 heterocycles. The molecule has 4 amide bonds. The second kappa shape index (κ2) is 47.3. The zero-order valence-corrected chi connectivity index (χ0v) is 78.6. The lowest BCUT2D eigenvalue weighted by Gasteiger charge is -2.38. The molecular weight excluding hydrogens is 1710 g/mol. The largest absolute Gasteiger partial charge is 0.416 e. The third-order valence-corrected chi connectivity index (χ3v) is 27.7. The summed E-state index contributed by atoms with van der Waals surface area (Å²) in [6, 6.07) is 54.4. The predicted molar refractivity (Wildman–Crippen MR) is 518 cm³/mol. The molecule has 1 unspecified atom stereocenters. The molecule has 2 atom stereocenters. The van der Waals surface area contributed by atoms with Crippen molar-refractivity contribution in [1.82, 2.24) is 19.6 Å². The van der Waals surface area contributed by atoms with Crippen LogP contribution in [0.4, 0.5) is 70.0 Å². The molecule has 16 rings (SSSR count). The molecule has 8 fully saturated rings. The number of rotatable bonds is 27. The standard InChI is InChI=1S/C28H38N4O4.C26H31F3N2O2.C26H34N4O4.C23H28N4O4/c1-19-5-11-27(22(4)21(19)3)30-13-15-31(16-14-30)28(33)18-36-25-9-6-23(7-10-25)29-24-8-12-26(32(34)35)20(2)17-24;1-19-7-8-21(17-24(19)26(27,28)29)15-20-9-10-23(16-20)33-18-25(32)31-13-11-30(12-14-31)22-5-3-2-4-6-22;1-19-17-25(30(32)33)20(2)16-24(19)27-21-8-10-23(11-9-21)34-18-26(31)29-14-12-28(13-15-29)22-6-4-3-5-7-22;1-17-13-18(7-8-22(17)27(29)30)24-19-14-21(15-19)31-16-23(28)26-11-9-25(10-12-26)20-5-3-2-4-6-20/h5,8,11-12,17,23,25,29H,6-7,9-10,13-16,18H2,1-4H3;2-8,17,20,23H,9-16,18H2,1H3;3-7,16-17,21,23,27H,8-15,18H2,1-2H3;2-8,13,19,21,24H,9-12,14-16H2,1H3/t;20-,23?;;/m.0../s1. The van der Waals surface area contributed by atoms with Gasteiger partial charge in [-0.3, -0.25) is 49.5 Å². The maximum absolute atomic E-state index is 13.2. The Morgan fingerprint density at radius 1 is 0.351 bits per heavy atom. The van der Waals surface area contributed by atoms with Crippen molar-refractivity contribution in [1.29, 1.82) is 0 Å². The number of carbonyl (C=O) groups is 4. The molecular formula is C103H131F3N14O14. The number of nitrogens with zero attached hydrogens (tertiary/aromatic N) is 11. The van der Waals surface area contributed by atoms with Gasteiger partial charge in [0, 0.05) is 198 Å². The fourth-order valence-corrected chi connectivity index (χ4v) is 19.3. The van der Waals surface area contributed by atoms with E-state index in [9.17, 15) is 62.7 Å². The number of hydrogen-bond donors (Lipinski definition) is 3. The third-order valence-electron chi connectivity index (χ3n) is 27.7. The van der Waals surface area contributed by atoms with E-state index in [4.69, 9.17) is 18.9 Å². The quantitative estimate of drug-likeness (QED) is 0.0318. The van der Waals surface area contributed by atoms with Gasteiger partial charge >= 0.3 is 6.18 Å². The molecule has 28 nitrogen and oxygen atoms in total. The van der Waals surface area contributed by atoms with Crippen molar-refractivity contribution in [2.24, 2.45) is 5.92 Å². The van der Waals surface area contributed by atoms with E-state index in [1.165, 1.54) is 58.5 Å². The van der Waals surface area contributed by atoms with Gasteiger partial charge in [0.25, 0.3) is 17.1 Å². The zero-order valence-electron chi connectivity index (χ0n) is 78.6. The second-order valence-corrected chi connectivity index (χ2v) is 36.9. The third kappa shape index (κ3) is 27.9. The van der Waals surface area contributed by atoms with E-state index >= 15 is 0 Å². The minimum atomic E-state index is -4.33. The summed E-state index contributed by atoms with van der Waals surface area (Å²) >= 11 is 0. The lowest BCUT2D eigenvalue weighted by molar-refractivity contribution is -0.385. The summed E-state index contributed by atoms with van der Waals surface area (Å²) in [5, 5.41) is 43.5. The fourth-order valence-electron chi connectivity index (χ4n) is 19.3. The average molecular weight is 1850 g/mol. The van der Waals surface area contributed by atoms with Gasteiger partial charge in [0.15, 0.2) is 0 Å². The number of piperazine rings is 4. The van der Waals surface area contributed by atoms with Gasteiger partial charge in [0.1, 0.15) is 26.4 Å². The molecule has 134 heavy (non-hydrogen) atoms. The average Bonchev–Trinajstić information content (AvgIpc) is 0.879. The number of amides is 4. The Kier molecular flexibility index (Phi) is 35.1. The number of nitrogens with one attached hydrogen (secondary N) is 3. The van der Waals surface area contributed by atoms with Crippen molar-refractivity contribution in [2.45, 2.75) is 194 Å². The number of hydrogen-bond acceptors (Lipinski definition) is 21. The monoisotopic (exact) mass is 1840 g/mol. The highest BCUT2D eigenvalue weighted by Crippen LogP contribution is 2.38. The number of benzene rings is 8. The normalized spacial score (nSPS) is 20.8. The molecule has 718 valence electrons. The van der Waals surface area contributed by atoms with Crippen LogP contribution in [-0.4, -0.2) is 232 Å². The van der Waals surface area contributed by atoms with Crippen molar-refractivity contribution in [3.05, 3.63) is 256 Å². The number of ether oxygens (including phenoxy) is 4. The van der Waals surface area contributed by atoms with Crippen LogP contribution in [-0.2, 0) is 50.7 Å². The van der Waals surface area contributed by atoms with E-state index in [1.807, 2.05) is 93.3 Å². The van der Waals surface area contributed by atoms with E-state index in [1.54, 1.807) is 63.2 Å². The molecule has 8 aliphatic rings. The van der Waals surface area contributed by atoms with Crippen LogP contribution in [0.2, 0.25) is 0 Å². The van der Waals surface area contributed by atoms with Crippen LogP contribution in [0.3, 0.4) is 0 Å². The topological polar surface area (TPSA) is 297 Å². The van der Waals surface area contributed by atoms with Gasteiger partial charge in [-0.2, -0.15) is 13.2 Å². The van der Waals surface area contributed by atoms with E-state index < -0.39 is 11.7 Å². The van der Waals surface area contributed by atoms with Crippen molar-refractivity contribution in [3.63, 3.8) is 0 Å². The predicted octanol–water partition coefficient (Wildman–Crippen LogP) is 17.5. The number of aryl methyl sites for hydroxylation is 6. The minimum Gasteiger partial charge on any atom is -0.382 e. The molecule has 0 spiro atoms. The van der Waals surface area contributed by atoms with Crippen molar-refractivity contribution < 1.29 is 66.1 Å². The number of alkyl halides is 3. The highest BCUT2D eigenvalue weighted by molar-refractivity contribution is 5.80. The van der Waals surface area contributed by atoms with Crippen molar-refractivity contribution in [3.8, 4) is 0 Å². The van der Waals surface area contributed by atoms with E-state index in [0.717, 1.165) is 185 Å². The first-order valence-corrected chi connectivity index (χ1v) is 47.4. The Morgan fingerprint density at radius 3 is 1.13 bits per heavy atom. The zero-order chi connectivity index (χ0) is 95.1. The van der Waals surface area contributed by atoms with Crippen LogP contribution < -0.4 is 35.6 Å². The molecule has 0 radical (unpaired) electrons. The number of anilines is 7. The highest BCUT2D eigenvalue weighted by atomic mass is 19.4. The number of nitro groups is 3. The fraction of sp³-hybridized carbons (Fsp3) is 0.495. The van der Waals surface area contributed by atoms with Crippen molar-refractivity contribution >= 4 is 80.5 Å². The summed E-state index contributed by atoms with van der Waals surface area (Å²) in [4.78, 5) is 99.4. The minimum absolute atomic E-state index is 0.00269. The molecule has 8 aromatic rings. The summed E-state index contributed by atoms with van der Waals surface area (Å²) < 4.78 is 63.3. The van der Waals surface area contributed by atoms with Crippen molar-refractivity contribution in [2.75, 3.05) is 167 Å². The van der Waals surface area contributed by atoms with Gasteiger partial charge in [-0.25, -0.2) is 0 Å². The molecule has 4 aliphatic heterocycles. The lowest BCUT2D eigenvalue weighted by atomic mass is 9.89. The molecule has 0 bridgehead atoms. The molecule has 31 heteroatoms. The van der Waals surface area contributed by atoms with Crippen LogP contribution in [0.25, 0.3) is 0 Å². The summed E-state index contributed by atoms with van der Waals surface area (Å²) in [5.41, 5.74) is 15.3. The van der Waals surface area contributed by atoms with Gasteiger partial charge in [-0.05, 0) is 263 Å². The Morgan fingerprint density at radius 2 is 0.724 bits per heavy atom. The van der Waals surface area contributed by atoms with Crippen LogP contribution in [0, 0.1) is 91.7 Å². The number of para-hydroxylation sites is 3. The Hall–Kier alpha value is -11.9. The first-order valence-electron chi connectivity index (χ1n) is 47.4. The first kappa shape index (κ1) is 99.5. The smallest absolute Gasteiger partial charge is 0.382 e. The lowest BCUT2D eigenvalue weighted by Crippen LogP contribution is -2.50. The van der Waals surface area contributed by atoms with Gasteiger partial charge in [-0.15, -0.1) is 0 Å². The maximum atomic E-state index is 13.2. The van der Waals surface area contributed by atoms with Gasteiger partial charge < -0.3 is 74.1 Å². The number of halogens is 3. The van der Waals surface area contributed by atoms with Gasteiger partial charge in [0.05, 0.1) is 44.7 Å². The van der Waals surface area contributed by atoms with Gasteiger partial charge in [-0.1, -0.05) is 72.8 Å². The Labute approximate surface area is 784 Å². The number of nitro benzene ring substituents is 3. The first-order chi connectivity index (χ1) is 64.4. The Bertz CT molecular complexity index is 5260. The molecule has 0 aromatic heterocycles. The van der Waals surface area contributed by atoms with E-state index in [0.29, 0.717) is 66.9 Å². The molecule has 3 N–H and O–H groups in total. The summed E-state index contributed by atoms with van der Waals surface area (Å²) in [6.45, 7) is 28.0. The van der Waals surface area contributed by atoms with Crippen LogP contribution in [0.5, 0.6) is 0 Å². The van der Waals surface area contributed by atoms with E-state index in [2.05, 4.69) is 105 Å². The molecule has 4 saturated carbocycles. The van der Waals surface area contributed by atoms with Gasteiger partial charge in [0.2, 0.25) is 23.6 Å². The van der Waals surface area contributed by atoms with Crippen LogP contribution >= 0.6 is 0 Å².